The molecule has 1 atom stereocenters. The number of furan rings is 1. The van der Waals surface area contributed by atoms with Crippen LogP contribution in [0.1, 0.15) is 28.6 Å². The summed E-state index contributed by atoms with van der Waals surface area (Å²) in [6.45, 7) is 5.15. The normalized spacial score (nSPS) is 16.4. The first-order chi connectivity index (χ1) is 17.7. The van der Waals surface area contributed by atoms with E-state index in [4.69, 9.17) is 18.6 Å². The molecule has 6 heteroatoms. The number of fused-ring (bicyclic) bond motifs is 2. The van der Waals surface area contributed by atoms with Gasteiger partial charge in [0.25, 0.3) is 0 Å². The largest absolute Gasteiger partial charge is 0.475 e. The Bertz CT molecular complexity index is 1420. The number of benzene rings is 3. The quantitative estimate of drug-likeness (QED) is 0.323. The smallest absolute Gasteiger partial charge is 0.228 e. The Morgan fingerprint density at radius 1 is 1.00 bits per heavy atom. The molecule has 2 aliphatic heterocycles. The molecule has 0 aliphatic carbocycles. The molecule has 182 valence electrons. The first kappa shape index (κ1) is 22.6. The molecule has 3 aromatic carbocycles. The molecule has 0 N–H and O–H groups in total. The molecule has 1 saturated heterocycles. The van der Waals surface area contributed by atoms with Crippen LogP contribution in [0.5, 0.6) is 11.5 Å². The first-order valence-electron chi connectivity index (χ1n) is 12.3. The zero-order chi connectivity index (χ0) is 24.5. The molecule has 36 heavy (non-hydrogen) atoms. The minimum atomic E-state index is -0.171. The summed E-state index contributed by atoms with van der Waals surface area (Å²) < 4.78 is 23.4. The lowest BCUT2D eigenvalue weighted by atomic mass is 9.96. The highest BCUT2D eigenvalue weighted by Crippen LogP contribution is 2.40. The number of ketones is 1. The van der Waals surface area contributed by atoms with Gasteiger partial charge in [0.1, 0.15) is 23.3 Å². The molecule has 0 amide bonds. The highest BCUT2D eigenvalue weighted by Gasteiger charge is 2.25. The molecule has 0 radical (unpaired) electrons. The molecular weight excluding hydrogens is 454 g/mol. The van der Waals surface area contributed by atoms with E-state index in [0.717, 1.165) is 53.1 Å². The molecule has 3 heterocycles. The van der Waals surface area contributed by atoms with Crippen molar-refractivity contribution in [3.63, 3.8) is 0 Å². The number of allylic oxidation sites excluding steroid dienone is 1. The summed E-state index contributed by atoms with van der Waals surface area (Å²) in [6, 6.07) is 21.1. The van der Waals surface area contributed by atoms with E-state index < -0.39 is 0 Å². The van der Waals surface area contributed by atoms with Crippen molar-refractivity contribution in [1.29, 1.82) is 0 Å². The molecule has 6 rings (SSSR count). The summed E-state index contributed by atoms with van der Waals surface area (Å²) in [5, 5.41) is 0.904. The minimum absolute atomic E-state index is 0.0711. The monoisotopic (exact) mass is 481 g/mol. The van der Waals surface area contributed by atoms with Gasteiger partial charge in [-0.05, 0) is 60.9 Å². The highest BCUT2D eigenvalue weighted by molar-refractivity contribution is 6.15. The van der Waals surface area contributed by atoms with Crippen LogP contribution in [0.4, 0.5) is 0 Å². The number of ether oxygens (including phenoxy) is 3. The number of rotatable bonds is 6. The van der Waals surface area contributed by atoms with Crippen molar-refractivity contribution in [1.82, 2.24) is 4.90 Å². The van der Waals surface area contributed by atoms with E-state index in [1.807, 2.05) is 61.5 Å². The summed E-state index contributed by atoms with van der Waals surface area (Å²) in [6.07, 6.45) is 4.37. The van der Waals surface area contributed by atoms with Crippen molar-refractivity contribution in [2.24, 2.45) is 0 Å². The van der Waals surface area contributed by atoms with Gasteiger partial charge < -0.3 is 18.6 Å². The molecule has 2 aliphatic rings. The Kier molecular flexibility index (Phi) is 6.05. The van der Waals surface area contributed by atoms with Crippen LogP contribution in [0, 0.1) is 0 Å². The van der Waals surface area contributed by atoms with Gasteiger partial charge in [-0.1, -0.05) is 30.3 Å². The van der Waals surface area contributed by atoms with Gasteiger partial charge in [-0.15, -0.1) is 0 Å². The Hall–Kier alpha value is -3.87. The van der Waals surface area contributed by atoms with Crippen LogP contribution in [0.25, 0.3) is 22.1 Å². The SMILES string of the molecule is CC(Oc1ccc(C(=O)c2oc3cc4c(cc3c2-c2ccccc2)CC=CO4)cc1)N1CCOCC1. The molecule has 0 spiro atoms. The van der Waals surface area contributed by atoms with E-state index in [-0.39, 0.29) is 12.0 Å². The van der Waals surface area contributed by atoms with Gasteiger partial charge in [0.15, 0.2) is 5.76 Å². The lowest BCUT2D eigenvalue weighted by Gasteiger charge is -2.32. The summed E-state index contributed by atoms with van der Waals surface area (Å²) in [5.41, 5.74) is 3.98. The molecule has 0 bridgehead atoms. The highest BCUT2D eigenvalue weighted by atomic mass is 16.5. The van der Waals surface area contributed by atoms with Crippen molar-refractivity contribution in [2.75, 3.05) is 26.3 Å². The average Bonchev–Trinajstić information content (AvgIpc) is 3.31. The van der Waals surface area contributed by atoms with E-state index in [9.17, 15) is 4.79 Å². The zero-order valence-electron chi connectivity index (χ0n) is 20.1. The summed E-state index contributed by atoms with van der Waals surface area (Å²) in [5.74, 6) is 1.63. The number of morpholine rings is 1. The van der Waals surface area contributed by atoms with Gasteiger partial charge in [-0.2, -0.15) is 0 Å². The number of carbonyl (C=O) groups is 1. The van der Waals surface area contributed by atoms with Gasteiger partial charge >= 0.3 is 0 Å². The van der Waals surface area contributed by atoms with Gasteiger partial charge in [-0.3, -0.25) is 9.69 Å². The van der Waals surface area contributed by atoms with Crippen molar-refractivity contribution in [3.8, 4) is 22.6 Å². The number of hydrogen-bond acceptors (Lipinski definition) is 6. The van der Waals surface area contributed by atoms with Gasteiger partial charge in [0.05, 0.1) is 19.5 Å². The third kappa shape index (κ3) is 4.30. The maximum atomic E-state index is 13.7. The second-order valence-corrected chi connectivity index (χ2v) is 9.04. The van der Waals surface area contributed by atoms with E-state index in [2.05, 4.69) is 11.0 Å². The van der Waals surface area contributed by atoms with E-state index in [1.165, 1.54) is 0 Å². The molecule has 1 unspecified atom stereocenters. The second kappa shape index (κ2) is 9.64. The van der Waals surface area contributed by atoms with Crippen LogP contribution in [0.3, 0.4) is 0 Å². The topological polar surface area (TPSA) is 61.1 Å². The molecule has 1 aromatic heterocycles. The van der Waals surface area contributed by atoms with Crippen LogP contribution >= 0.6 is 0 Å². The lowest BCUT2D eigenvalue weighted by molar-refractivity contribution is -0.0373. The summed E-state index contributed by atoms with van der Waals surface area (Å²) in [7, 11) is 0. The fraction of sp³-hybridized carbons (Fsp3) is 0.233. The maximum absolute atomic E-state index is 13.7. The predicted octanol–water partition coefficient (Wildman–Crippen LogP) is 5.84. The molecule has 1 fully saturated rings. The minimum Gasteiger partial charge on any atom is -0.475 e. The predicted molar refractivity (Wildman–Crippen MR) is 137 cm³/mol. The number of hydrogen-bond donors (Lipinski definition) is 0. The third-order valence-corrected chi connectivity index (χ3v) is 6.75. The first-order valence-corrected chi connectivity index (χ1v) is 12.3. The lowest BCUT2D eigenvalue weighted by Crippen LogP contribution is -2.44. The van der Waals surface area contributed by atoms with Gasteiger partial charge in [0, 0.05) is 35.7 Å². The van der Waals surface area contributed by atoms with Crippen LogP contribution < -0.4 is 9.47 Å². The van der Waals surface area contributed by atoms with Crippen molar-refractivity contribution in [3.05, 3.63) is 96.0 Å². The molecule has 6 nitrogen and oxygen atoms in total. The number of nitrogens with zero attached hydrogens (tertiary/aromatic N) is 1. The van der Waals surface area contributed by atoms with Crippen LogP contribution in [0.15, 0.2) is 83.5 Å². The Labute approximate surface area is 209 Å². The second-order valence-electron chi connectivity index (χ2n) is 9.04. The standard InChI is InChI=1S/C30H27NO5/c1-20(31-13-16-33-17-14-31)35-24-11-9-22(10-12-24)29(32)30-28(21-6-3-2-4-7-21)25-18-23-8-5-15-34-26(23)19-27(25)36-30/h2-7,9-12,15,18-20H,8,13-14,16-17H2,1H3. The summed E-state index contributed by atoms with van der Waals surface area (Å²) >= 11 is 0. The third-order valence-electron chi connectivity index (χ3n) is 6.75. The Balaban J connectivity index is 1.33. The fourth-order valence-corrected chi connectivity index (χ4v) is 4.81. The number of carbonyl (C=O) groups excluding carboxylic acids is 1. The van der Waals surface area contributed by atoms with Crippen LogP contribution in [0.2, 0.25) is 0 Å². The van der Waals surface area contributed by atoms with E-state index in [1.54, 1.807) is 18.4 Å². The Morgan fingerprint density at radius 3 is 2.56 bits per heavy atom. The van der Waals surface area contributed by atoms with E-state index in [0.29, 0.717) is 30.1 Å². The maximum Gasteiger partial charge on any atom is 0.228 e. The van der Waals surface area contributed by atoms with Crippen molar-refractivity contribution in [2.45, 2.75) is 19.6 Å². The zero-order valence-corrected chi connectivity index (χ0v) is 20.1. The van der Waals surface area contributed by atoms with Crippen LogP contribution in [-0.2, 0) is 11.2 Å². The van der Waals surface area contributed by atoms with Crippen LogP contribution in [-0.4, -0.2) is 43.2 Å². The average molecular weight is 482 g/mol. The fourth-order valence-electron chi connectivity index (χ4n) is 4.81. The molecular formula is C30H27NO5. The Morgan fingerprint density at radius 2 is 1.78 bits per heavy atom. The summed E-state index contributed by atoms with van der Waals surface area (Å²) in [4.78, 5) is 15.9. The van der Waals surface area contributed by atoms with Crippen molar-refractivity contribution < 1.29 is 23.4 Å². The van der Waals surface area contributed by atoms with Gasteiger partial charge in [0.2, 0.25) is 5.78 Å². The van der Waals surface area contributed by atoms with Gasteiger partial charge in [-0.25, -0.2) is 0 Å². The van der Waals surface area contributed by atoms with E-state index >= 15 is 0 Å². The molecule has 4 aromatic rings. The van der Waals surface area contributed by atoms with Crippen molar-refractivity contribution >= 4 is 16.8 Å². The molecule has 0 saturated carbocycles.